The van der Waals surface area contributed by atoms with Crippen molar-refractivity contribution in [2.75, 3.05) is 19.0 Å². The van der Waals surface area contributed by atoms with Gasteiger partial charge in [-0.05, 0) is 48.3 Å². The largest absolute Gasteiger partial charge is 0.449 e. The zero-order chi connectivity index (χ0) is 19.2. The number of fused-ring (bicyclic) bond motifs is 1. The van der Waals surface area contributed by atoms with Gasteiger partial charge in [-0.25, -0.2) is 4.79 Å². The van der Waals surface area contributed by atoms with E-state index >= 15 is 0 Å². The van der Waals surface area contributed by atoms with Crippen LogP contribution in [0.5, 0.6) is 0 Å². The number of rotatable bonds is 5. The Balaban J connectivity index is 1.68. The lowest BCUT2D eigenvalue weighted by atomic mass is 9.88. The SMILES string of the molecule is CNC(=O)OCC1CCc2c(sc(NC(=O)/C=C/c3cccs3)c2C#N)C1. The molecule has 2 amide bonds. The third-order valence-corrected chi connectivity index (χ3v) is 6.32. The molecule has 1 unspecified atom stereocenters. The number of ether oxygens (including phenoxy) is 1. The van der Waals surface area contributed by atoms with Gasteiger partial charge in [-0.2, -0.15) is 5.26 Å². The number of thiophene rings is 2. The smallest absolute Gasteiger partial charge is 0.406 e. The van der Waals surface area contributed by atoms with Crippen molar-refractivity contribution in [1.29, 1.82) is 5.26 Å². The van der Waals surface area contributed by atoms with Crippen LogP contribution in [0.1, 0.15) is 27.3 Å². The number of nitrogens with one attached hydrogen (secondary N) is 2. The molecule has 1 atom stereocenters. The molecular weight excluding hydrogens is 382 g/mol. The van der Waals surface area contributed by atoms with E-state index in [4.69, 9.17) is 4.74 Å². The van der Waals surface area contributed by atoms with Gasteiger partial charge in [-0.1, -0.05) is 6.07 Å². The highest BCUT2D eigenvalue weighted by Gasteiger charge is 2.27. The molecule has 0 saturated heterocycles. The Morgan fingerprint density at radius 3 is 3.04 bits per heavy atom. The number of anilines is 1. The fourth-order valence-corrected chi connectivity index (χ4v) is 4.90. The van der Waals surface area contributed by atoms with Crippen molar-refractivity contribution >= 4 is 45.8 Å². The zero-order valence-corrected chi connectivity index (χ0v) is 16.4. The number of hydrogen-bond acceptors (Lipinski definition) is 6. The second-order valence-corrected chi connectivity index (χ2v) is 8.20. The lowest BCUT2D eigenvalue weighted by Crippen LogP contribution is -2.25. The van der Waals surface area contributed by atoms with Crippen molar-refractivity contribution in [3.8, 4) is 6.07 Å². The molecule has 6 nitrogen and oxygen atoms in total. The Bertz CT molecular complexity index is 894. The number of carbonyl (C=O) groups excluding carboxylic acids is 2. The standard InChI is InChI=1S/C19H19N3O3S2/c1-21-19(24)25-11-12-4-6-14-15(10-20)18(27-16(14)9-12)22-17(23)7-5-13-3-2-8-26-13/h2-3,5,7-8,12H,4,6,9,11H2,1H3,(H,21,24)(H,22,23)/b7-5+. The predicted octanol–water partition coefficient (Wildman–Crippen LogP) is 3.79. The number of carbonyl (C=O) groups is 2. The maximum Gasteiger partial charge on any atom is 0.406 e. The number of nitriles is 1. The van der Waals surface area contributed by atoms with Crippen LogP contribution in [0.2, 0.25) is 0 Å². The van der Waals surface area contributed by atoms with Gasteiger partial charge in [0.25, 0.3) is 0 Å². The van der Waals surface area contributed by atoms with E-state index in [0.29, 0.717) is 17.2 Å². The molecule has 0 radical (unpaired) electrons. The molecule has 1 aliphatic rings. The van der Waals surface area contributed by atoms with Gasteiger partial charge in [-0.15, -0.1) is 22.7 Å². The molecule has 140 valence electrons. The summed E-state index contributed by atoms with van der Waals surface area (Å²) in [6.45, 7) is 0.351. The van der Waals surface area contributed by atoms with E-state index in [1.807, 2.05) is 17.5 Å². The van der Waals surface area contributed by atoms with Crippen molar-refractivity contribution in [1.82, 2.24) is 5.32 Å². The van der Waals surface area contributed by atoms with Gasteiger partial charge in [0.05, 0.1) is 12.2 Å². The Morgan fingerprint density at radius 2 is 2.33 bits per heavy atom. The molecular formula is C19H19N3O3S2. The van der Waals surface area contributed by atoms with Crippen molar-refractivity contribution in [3.05, 3.63) is 44.5 Å². The monoisotopic (exact) mass is 401 g/mol. The van der Waals surface area contributed by atoms with Crippen molar-refractivity contribution in [3.63, 3.8) is 0 Å². The fraction of sp³-hybridized carbons (Fsp3) is 0.316. The first-order chi connectivity index (χ1) is 13.1. The highest BCUT2D eigenvalue weighted by molar-refractivity contribution is 7.16. The van der Waals surface area contributed by atoms with E-state index in [1.54, 1.807) is 17.4 Å². The second-order valence-electron chi connectivity index (χ2n) is 6.12. The molecule has 3 rings (SSSR count). The summed E-state index contributed by atoms with van der Waals surface area (Å²) in [6, 6.07) is 6.09. The summed E-state index contributed by atoms with van der Waals surface area (Å²) in [5.74, 6) is -0.0275. The quantitative estimate of drug-likeness (QED) is 0.746. The first-order valence-electron chi connectivity index (χ1n) is 8.52. The van der Waals surface area contributed by atoms with Crippen LogP contribution in [0.25, 0.3) is 6.08 Å². The average Bonchev–Trinajstić information content (AvgIpc) is 3.31. The summed E-state index contributed by atoms with van der Waals surface area (Å²) in [4.78, 5) is 25.5. The third-order valence-electron chi connectivity index (χ3n) is 4.31. The number of amides is 2. The number of alkyl carbamates (subject to hydrolysis) is 1. The molecule has 0 saturated carbocycles. The minimum absolute atomic E-state index is 0.224. The van der Waals surface area contributed by atoms with Gasteiger partial charge in [0, 0.05) is 22.9 Å². The van der Waals surface area contributed by atoms with Crippen LogP contribution in [0, 0.1) is 17.2 Å². The molecule has 2 heterocycles. The molecule has 2 aromatic rings. The maximum atomic E-state index is 12.2. The van der Waals surface area contributed by atoms with Crippen LogP contribution >= 0.6 is 22.7 Å². The minimum Gasteiger partial charge on any atom is -0.449 e. The average molecular weight is 402 g/mol. The van der Waals surface area contributed by atoms with E-state index < -0.39 is 6.09 Å². The van der Waals surface area contributed by atoms with E-state index in [2.05, 4.69) is 16.7 Å². The van der Waals surface area contributed by atoms with Gasteiger partial charge in [0.15, 0.2) is 0 Å². The molecule has 27 heavy (non-hydrogen) atoms. The third kappa shape index (κ3) is 4.76. The number of nitrogens with zero attached hydrogens (tertiary/aromatic N) is 1. The number of hydrogen-bond donors (Lipinski definition) is 2. The first kappa shape index (κ1) is 19.1. The van der Waals surface area contributed by atoms with Crippen LogP contribution in [-0.4, -0.2) is 25.7 Å². The van der Waals surface area contributed by atoms with Crippen LogP contribution in [-0.2, 0) is 22.4 Å². The van der Waals surface area contributed by atoms with Crippen LogP contribution in [0.15, 0.2) is 23.6 Å². The van der Waals surface area contributed by atoms with E-state index in [9.17, 15) is 14.9 Å². The Labute approximate surface area is 165 Å². The molecule has 0 aromatic carbocycles. The second kappa shape index (κ2) is 8.84. The highest BCUT2D eigenvalue weighted by atomic mass is 32.1. The van der Waals surface area contributed by atoms with Gasteiger partial charge in [-0.3, -0.25) is 4.79 Å². The molecule has 2 N–H and O–H groups in total. The van der Waals surface area contributed by atoms with E-state index in [0.717, 1.165) is 34.6 Å². The zero-order valence-electron chi connectivity index (χ0n) is 14.8. The van der Waals surface area contributed by atoms with Gasteiger partial charge in [0.2, 0.25) is 5.91 Å². The molecule has 0 bridgehead atoms. The van der Waals surface area contributed by atoms with Crippen molar-refractivity contribution in [2.45, 2.75) is 19.3 Å². The topological polar surface area (TPSA) is 91.2 Å². The molecule has 0 aliphatic heterocycles. The summed E-state index contributed by atoms with van der Waals surface area (Å²) >= 11 is 2.99. The molecule has 0 fully saturated rings. The maximum absolute atomic E-state index is 12.2. The summed E-state index contributed by atoms with van der Waals surface area (Å²) in [5.41, 5.74) is 1.56. The highest BCUT2D eigenvalue weighted by Crippen LogP contribution is 2.39. The van der Waals surface area contributed by atoms with E-state index in [-0.39, 0.29) is 11.8 Å². The fourth-order valence-electron chi connectivity index (χ4n) is 2.97. The Morgan fingerprint density at radius 1 is 1.48 bits per heavy atom. The molecule has 2 aromatic heterocycles. The summed E-state index contributed by atoms with van der Waals surface area (Å²) in [5, 5.41) is 17.4. The molecule has 0 spiro atoms. The summed E-state index contributed by atoms with van der Waals surface area (Å²) in [7, 11) is 1.53. The van der Waals surface area contributed by atoms with Crippen LogP contribution in [0.3, 0.4) is 0 Å². The predicted molar refractivity (Wildman–Crippen MR) is 107 cm³/mol. The van der Waals surface area contributed by atoms with Gasteiger partial charge in [0.1, 0.15) is 11.1 Å². The van der Waals surface area contributed by atoms with Crippen molar-refractivity contribution in [2.24, 2.45) is 5.92 Å². The molecule has 1 aliphatic carbocycles. The van der Waals surface area contributed by atoms with Crippen LogP contribution < -0.4 is 10.6 Å². The Hall–Kier alpha value is -2.63. The normalized spacial score (nSPS) is 15.8. The Kier molecular flexibility index (Phi) is 6.27. The van der Waals surface area contributed by atoms with E-state index in [1.165, 1.54) is 24.5 Å². The van der Waals surface area contributed by atoms with Gasteiger partial charge < -0.3 is 15.4 Å². The van der Waals surface area contributed by atoms with Crippen LogP contribution in [0.4, 0.5) is 9.80 Å². The lowest BCUT2D eigenvalue weighted by Gasteiger charge is -2.21. The summed E-state index contributed by atoms with van der Waals surface area (Å²) < 4.78 is 5.15. The summed E-state index contributed by atoms with van der Waals surface area (Å²) in [6.07, 6.45) is 5.14. The van der Waals surface area contributed by atoms with Gasteiger partial charge >= 0.3 is 6.09 Å². The lowest BCUT2D eigenvalue weighted by molar-refractivity contribution is -0.111. The van der Waals surface area contributed by atoms with Crippen molar-refractivity contribution < 1.29 is 14.3 Å². The first-order valence-corrected chi connectivity index (χ1v) is 10.2. The molecule has 8 heteroatoms. The minimum atomic E-state index is -0.435.